The number of hydrogen-bond acceptors (Lipinski definition) is 3. The van der Waals surface area contributed by atoms with Crippen molar-refractivity contribution in [3.05, 3.63) is 0 Å². The maximum absolute atomic E-state index is 11.8. The number of carbonyl (C=O) groups is 2. The molecule has 5 nitrogen and oxygen atoms in total. The predicted molar refractivity (Wildman–Crippen MR) is 71.0 cm³/mol. The van der Waals surface area contributed by atoms with E-state index in [0.29, 0.717) is 18.4 Å². The minimum atomic E-state index is -0.147. The van der Waals surface area contributed by atoms with Crippen molar-refractivity contribution in [2.45, 2.75) is 39.7 Å². The fourth-order valence-corrected chi connectivity index (χ4v) is 1.98. The maximum atomic E-state index is 11.8. The van der Waals surface area contributed by atoms with Crippen LogP contribution in [0.2, 0.25) is 0 Å². The Bertz CT molecular complexity index is 292. The minimum absolute atomic E-state index is 0.0676. The molecule has 1 heterocycles. The number of carbonyl (C=O) groups excluding carboxylic acids is 2. The van der Waals surface area contributed by atoms with Gasteiger partial charge in [-0.15, -0.1) is 0 Å². The Kier molecular flexibility index (Phi) is 6.12. The highest BCUT2D eigenvalue weighted by Crippen LogP contribution is 2.14. The topological polar surface area (TPSA) is 70.2 Å². The second kappa shape index (κ2) is 7.36. The van der Waals surface area contributed by atoms with Crippen molar-refractivity contribution < 1.29 is 9.59 Å². The average molecular weight is 255 g/mol. The van der Waals surface area contributed by atoms with Gasteiger partial charge in [0.1, 0.15) is 0 Å². The molecule has 0 saturated carbocycles. The van der Waals surface area contributed by atoms with E-state index in [4.69, 9.17) is 0 Å². The van der Waals surface area contributed by atoms with Gasteiger partial charge in [0.15, 0.2) is 0 Å². The Morgan fingerprint density at radius 2 is 2.06 bits per heavy atom. The number of amides is 2. The quantitative estimate of drug-likeness (QED) is 0.660. The monoisotopic (exact) mass is 255 g/mol. The lowest BCUT2D eigenvalue weighted by atomic mass is 9.94. The Balaban J connectivity index is 2.21. The smallest absolute Gasteiger partial charge is 0.239 e. The van der Waals surface area contributed by atoms with Crippen molar-refractivity contribution >= 4 is 11.8 Å². The number of piperidine rings is 1. The van der Waals surface area contributed by atoms with E-state index in [1.54, 1.807) is 0 Å². The lowest BCUT2D eigenvalue weighted by Crippen LogP contribution is -2.50. The molecule has 104 valence electrons. The Hall–Kier alpha value is -1.10. The van der Waals surface area contributed by atoms with Gasteiger partial charge in [-0.25, -0.2) is 0 Å². The molecule has 2 unspecified atom stereocenters. The van der Waals surface area contributed by atoms with E-state index in [1.165, 1.54) is 0 Å². The molecule has 0 aromatic carbocycles. The molecular formula is C13H25N3O2. The van der Waals surface area contributed by atoms with Crippen LogP contribution in [-0.2, 0) is 9.59 Å². The summed E-state index contributed by atoms with van der Waals surface area (Å²) in [6.45, 7) is 7.80. The van der Waals surface area contributed by atoms with Crippen LogP contribution in [0.25, 0.3) is 0 Å². The maximum Gasteiger partial charge on any atom is 0.239 e. The lowest BCUT2D eigenvalue weighted by Gasteiger charge is -2.27. The van der Waals surface area contributed by atoms with Crippen LogP contribution in [0.3, 0.4) is 0 Å². The molecule has 2 amide bonds. The van der Waals surface area contributed by atoms with E-state index in [0.717, 1.165) is 19.4 Å². The molecule has 1 fully saturated rings. The Labute approximate surface area is 109 Å². The van der Waals surface area contributed by atoms with Gasteiger partial charge in [0.05, 0.1) is 12.6 Å². The highest BCUT2D eigenvalue weighted by molar-refractivity contribution is 5.87. The van der Waals surface area contributed by atoms with Gasteiger partial charge in [-0.05, 0) is 31.2 Å². The van der Waals surface area contributed by atoms with E-state index in [-0.39, 0.29) is 24.4 Å². The molecule has 1 saturated heterocycles. The third kappa shape index (κ3) is 5.49. The molecule has 2 atom stereocenters. The molecule has 0 aromatic rings. The second-order valence-corrected chi connectivity index (χ2v) is 5.55. The number of hydrogen-bond donors (Lipinski definition) is 3. The third-order valence-corrected chi connectivity index (χ3v) is 3.11. The average Bonchev–Trinajstić information content (AvgIpc) is 2.33. The molecule has 0 bridgehead atoms. The SMILES string of the molecule is CC(C)CNC(=O)CNC(=O)C1CC(C)CCN1. The molecule has 3 N–H and O–H groups in total. The van der Waals surface area contributed by atoms with Gasteiger partial charge in [0, 0.05) is 6.54 Å². The molecule has 1 rings (SSSR count). The zero-order valence-corrected chi connectivity index (χ0v) is 11.6. The summed E-state index contributed by atoms with van der Waals surface area (Å²) < 4.78 is 0. The molecule has 0 spiro atoms. The van der Waals surface area contributed by atoms with Gasteiger partial charge in [0.2, 0.25) is 11.8 Å². The van der Waals surface area contributed by atoms with Crippen LogP contribution in [-0.4, -0.2) is 37.5 Å². The van der Waals surface area contributed by atoms with Crippen LogP contribution in [0.1, 0.15) is 33.6 Å². The Morgan fingerprint density at radius 3 is 2.67 bits per heavy atom. The Morgan fingerprint density at radius 1 is 1.33 bits per heavy atom. The van der Waals surface area contributed by atoms with Gasteiger partial charge in [-0.2, -0.15) is 0 Å². The lowest BCUT2D eigenvalue weighted by molar-refractivity contribution is -0.127. The van der Waals surface area contributed by atoms with Gasteiger partial charge >= 0.3 is 0 Å². The molecule has 1 aliphatic heterocycles. The summed E-state index contributed by atoms with van der Waals surface area (Å²) in [5.41, 5.74) is 0. The minimum Gasteiger partial charge on any atom is -0.354 e. The summed E-state index contributed by atoms with van der Waals surface area (Å²) in [5.74, 6) is 0.796. The van der Waals surface area contributed by atoms with Crippen molar-refractivity contribution in [1.29, 1.82) is 0 Å². The van der Waals surface area contributed by atoms with Gasteiger partial charge in [0.25, 0.3) is 0 Å². The highest BCUT2D eigenvalue weighted by atomic mass is 16.2. The highest BCUT2D eigenvalue weighted by Gasteiger charge is 2.24. The van der Waals surface area contributed by atoms with Crippen molar-refractivity contribution in [3.63, 3.8) is 0 Å². The number of nitrogens with one attached hydrogen (secondary N) is 3. The normalized spacial score (nSPS) is 23.8. The number of rotatable bonds is 5. The molecule has 5 heteroatoms. The molecule has 1 aliphatic rings. The first-order valence-electron chi connectivity index (χ1n) is 6.76. The molecule has 0 radical (unpaired) electrons. The summed E-state index contributed by atoms with van der Waals surface area (Å²) >= 11 is 0. The standard InChI is InChI=1S/C13H25N3O2/c1-9(2)7-15-12(17)8-16-13(18)11-6-10(3)4-5-14-11/h9-11,14H,4-8H2,1-3H3,(H,15,17)(H,16,18). The van der Waals surface area contributed by atoms with Crippen LogP contribution >= 0.6 is 0 Å². The van der Waals surface area contributed by atoms with Crippen LogP contribution < -0.4 is 16.0 Å². The first-order valence-corrected chi connectivity index (χ1v) is 6.76. The molecule has 0 aliphatic carbocycles. The first kappa shape index (κ1) is 15.0. The molecule has 0 aromatic heterocycles. The van der Waals surface area contributed by atoms with Crippen LogP contribution in [0.4, 0.5) is 0 Å². The first-order chi connectivity index (χ1) is 8.49. The largest absolute Gasteiger partial charge is 0.354 e. The molecule has 18 heavy (non-hydrogen) atoms. The van der Waals surface area contributed by atoms with Crippen molar-refractivity contribution in [1.82, 2.24) is 16.0 Å². The van der Waals surface area contributed by atoms with Crippen molar-refractivity contribution in [2.24, 2.45) is 11.8 Å². The predicted octanol–water partition coefficient (Wildman–Crippen LogP) is 0.263. The third-order valence-electron chi connectivity index (χ3n) is 3.11. The van der Waals surface area contributed by atoms with E-state index >= 15 is 0 Å². The fourth-order valence-electron chi connectivity index (χ4n) is 1.98. The summed E-state index contributed by atoms with van der Waals surface area (Å²) in [6, 6.07) is -0.147. The van der Waals surface area contributed by atoms with Crippen molar-refractivity contribution in [3.8, 4) is 0 Å². The van der Waals surface area contributed by atoms with Gasteiger partial charge in [-0.1, -0.05) is 20.8 Å². The van der Waals surface area contributed by atoms with Crippen LogP contribution in [0, 0.1) is 11.8 Å². The summed E-state index contributed by atoms with van der Waals surface area (Å²) in [4.78, 5) is 23.3. The summed E-state index contributed by atoms with van der Waals surface area (Å²) in [6.07, 6.45) is 1.96. The zero-order chi connectivity index (χ0) is 13.5. The van der Waals surface area contributed by atoms with E-state index in [1.807, 2.05) is 13.8 Å². The van der Waals surface area contributed by atoms with E-state index in [9.17, 15) is 9.59 Å². The van der Waals surface area contributed by atoms with E-state index < -0.39 is 0 Å². The zero-order valence-electron chi connectivity index (χ0n) is 11.6. The molecular weight excluding hydrogens is 230 g/mol. The summed E-state index contributed by atoms with van der Waals surface area (Å²) in [5, 5.41) is 8.64. The summed E-state index contributed by atoms with van der Waals surface area (Å²) in [7, 11) is 0. The van der Waals surface area contributed by atoms with E-state index in [2.05, 4.69) is 22.9 Å². The van der Waals surface area contributed by atoms with Crippen molar-refractivity contribution in [2.75, 3.05) is 19.6 Å². The van der Waals surface area contributed by atoms with Gasteiger partial charge in [-0.3, -0.25) is 9.59 Å². The van der Waals surface area contributed by atoms with Crippen LogP contribution in [0.15, 0.2) is 0 Å². The van der Waals surface area contributed by atoms with Gasteiger partial charge < -0.3 is 16.0 Å². The second-order valence-electron chi connectivity index (χ2n) is 5.55. The fraction of sp³-hybridized carbons (Fsp3) is 0.846. The van der Waals surface area contributed by atoms with Crippen LogP contribution in [0.5, 0.6) is 0 Å².